The molecule has 5 unspecified atom stereocenters. The van der Waals surface area contributed by atoms with Crippen LogP contribution in [0.4, 0.5) is 0 Å². The van der Waals surface area contributed by atoms with Crippen LogP contribution in [0.25, 0.3) is 0 Å². The molecule has 0 spiro atoms. The number of carboxylic acids is 1. The summed E-state index contributed by atoms with van der Waals surface area (Å²) in [4.78, 5) is 67.0. The third-order valence-corrected chi connectivity index (χ3v) is 6.21. The Labute approximate surface area is 210 Å². The quantitative estimate of drug-likeness (QED) is 0.0708. The van der Waals surface area contributed by atoms with Gasteiger partial charge < -0.3 is 43.6 Å². The highest BCUT2D eigenvalue weighted by atomic mass is 16.4. The largest absolute Gasteiger partial charge is 0.480 e. The van der Waals surface area contributed by atoms with Gasteiger partial charge in [0.2, 0.25) is 23.6 Å². The van der Waals surface area contributed by atoms with Crippen LogP contribution in [0.3, 0.4) is 0 Å². The molecule has 0 bridgehead atoms. The summed E-state index contributed by atoms with van der Waals surface area (Å²) in [6, 6.07) is -4.08. The maximum atomic E-state index is 13.1. The molecule has 1 aliphatic heterocycles. The van der Waals surface area contributed by atoms with Crippen LogP contribution in [-0.2, 0) is 24.0 Å². The summed E-state index contributed by atoms with van der Waals surface area (Å²) in [5.74, 6) is -4.05. The Morgan fingerprint density at radius 1 is 1.11 bits per heavy atom. The number of hydrogen-bond donors (Lipinski definition) is 7. The molecule has 5 atom stereocenters. The average Bonchev–Trinajstić information content (AvgIpc) is 3.31. The fourth-order valence-electron chi connectivity index (χ4n) is 3.92. The number of rotatable bonds is 15. The zero-order chi connectivity index (χ0) is 27.4. The van der Waals surface area contributed by atoms with Crippen LogP contribution in [0.2, 0.25) is 0 Å². The Morgan fingerprint density at radius 2 is 1.78 bits per heavy atom. The van der Waals surface area contributed by atoms with Crippen LogP contribution in [0.15, 0.2) is 4.99 Å². The SMILES string of the molecule is CCC(C)C(NC(=O)C(CCC(N)=O)NC(=O)C1CCCN1C(=O)C(N)CCCN=C(N)N)C(=O)O. The maximum absolute atomic E-state index is 13.1. The van der Waals surface area contributed by atoms with Crippen molar-refractivity contribution in [1.29, 1.82) is 0 Å². The smallest absolute Gasteiger partial charge is 0.326 e. The minimum atomic E-state index is -1.21. The summed E-state index contributed by atoms with van der Waals surface area (Å²) >= 11 is 0. The number of primary amides is 1. The number of carbonyl (C=O) groups excluding carboxylic acids is 4. The van der Waals surface area contributed by atoms with Gasteiger partial charge in [0.05, 0.1) is 6.04 Å². The second kappa shape index (κ2) is 14.9. The molecule has 0 saturated carbocycles. The third-order valence-electron chi connectivity index (χ3n) is 6.21. The zero-order valence-electron chi connectivity index (χ0n) is 20.9. The molecule has 11 N–H and O–H groups in total. The molecule has 1 aliphatic rings. The van der Waals surface area contributed by atoms with Gasteiger partial charge in [-0.2, -0.15) is 0 Å². The number of aliphatic imine (C=N–C) groups is 1. The van der Waals surface area contributed by atoms with Crippen molar-refractivity contribution in [2.24, 2.45) is 33.8 Å². The number of nitrogens with two attached hydrogens (primary N) is 4. The highest BCUT2D eigenvalue weighted by Gasteiger charge is 2.38. The molecule has 1 saturated heterocycles. The first-order valence-electron chi connectivity index (χ1n) is 12.1. The normalized spacial score (nSPS) is 18.4. The summed E-state index contributed by atoms with van der Waals surface area (Å²) in [5, 5.41) is 14.5. The van der Waals surface area contributed by atoms with Crippen molar-refractivity contribution < 1.29 is 29.1 Å². The van der Waals surface area contributed by atoms with Crippen LogP contribution in [-0.4, -0.2) is 82.8 Å². The molecule has 204 valence electrons. The van der Waals surface area contributed by atoms with E-state index in [0.717, 1.165) is 0 Å². The first-order valence-corrected chi connectivity index (χ1v) is 12.1. The highest BCUT2D eigenvalue weighted by Crippen LogP contribution is 2.20. The van der Waals surface area contributed by atoms with E-state index in [1.54, 1.807) is 13.8 Å². The first kappa shape index (κ1) is 30.6. The topological polar surface area (TPSA) is 249 Å². The molecule has 1 fully saturated rings. The number of likely N-dealkylation sites (tertiary alicyclic amines) is 1. The predicted molar refractivity (Wildman–Crippen MR) is 132 cm³/mol. The Hall–Kier alpha value is -3.42. The van der Waals surface area contributed by atoms with Crippen molar-refractivity contribution in [3.8, 4) is 0 Å². The van der Waals surface area contributed by atoms with Gasteiger partial charge in [0, 0.05) is 19.5 Å². The molecular weight excluding hydrogens is 472 g/mol. The monoisotopic (exact) mass is 512 g/mol. The Balaban J connectivity index is 2.90. The second-order valence-corrected chi connectivity index (χ2v) is 9.02. The molecule has 14 heteroatoms. The molecule has 0 radical (unpaired) electrons. The average molecular weight is 513 g/mol. The lowest BCUT2D eigenvalue weighted by molar-refractivity contribution is -0.144. The van der Waals surface area contributed by atoms with Crippen LogP contribution in [0.5, 0.6) is 0 Å². The van der Waals surface area contributed by atoms with Crippen molar-refractivity contribution in [1.82, 2.24) is 15.5 Å². The molecule has 1 rings (SSSR count). The molecule has 36 heavy (non-hydrogen) atoms. The summed E-state index contributed by atoms with van der Waals surface area (Å²) in [5.41, 5.74) is 21.8. The van der Waals surface area contributed by atoms with Crippen molar-refractivity contribution in [3.63, 3.8) is 0 Å². The fraction of sp³-hybridized carbons (Fsp3) is 0.727. The van der Waals surface area contributed by atoms with Gasteiger partial charge in [-0.1, -0.05) is 20.3 Å². The van der Waals surface area contributed by atoms with Gasteiger partial charge in [0.25, 0.3) is 0 Å². The van der Waals surface area contributed by atoms with E-state index < -0.39 is 53.8 Å². The number of amides is 4. The molecule has 0 aliphatic carbocycles. The van der Waals surface area contributed by atoms with E-state index in [1.165, 1.54) is 4.90 Å². The number of hydrogen-bond acceptors (Lipinski definition) is 7. The fourth-order valence-corrected chi connectivity index (χ4v) is 3.92. The summed E-state index contributed by atoms with van der Waals surface area (Å²) < 4.78 is 0. The Kier molecular flexibility index (Phi) is 12.6. The van der Waals surface area contributed by atoms with Gasteiger partial charge in [0.1, 0.15) is 18.1 Å². The second-order valence-electron chi connectivity index (χ2n) is 9.02. The molecule has 4 amide bonds. The van der Waals surface area contributed by atoms with Gasteiger partial charge in [-0.15, -0.1) is 0 Å². The first-order chi connectivity index (χ1) is 16.9. The summed E-state index contributed by atoms with van der Waals surface area (Å²) in [7, 11) is 0. The standard InChI is InChI=1S/C22H40N8O6/c1-3-12(2)17(21(35)36)29-18(32)14(8-9-16(24)31)28-19(33)15-7-5-11-30(15)20(34)13(23)6-4-10-27-22(25)26/h12-15,17H,3-11,23H2,1-2H3,(H2,24,31)(H,28,33)(H,29,32)(H,35,36)(H4,25,26,27). The summed E-state index contributed by atoms with van der Waals surface area (Å²) in [6.45, 7) is 4.11. The zero-order valence-corrected chi connectivity index (χ0v) is 20.9. The molecule has 0 aromatic rings. The minimum absolute atomic E-state index is 0.0556. The third kappa shape index (κ3) is 9.68. The van der Waals surface area contributed by atoms with Gasteiger partial charge in [-0.25, -0.2) is 4.79 Å². The van der Waals surface area contributed by atoms with E-state index in [9.17, 15) is 29.1 Å². The van der Waals surface area contributed by atoms with E-state index in [4.69, 9.17) is 22.9 Å². The van der Waals surface area contributed by atoms with E-state index in [-0.39, 0.29) is 24.7 Å². The van der Waals surface area contributed by atoms with Crippen molar-refractivity contribution in [2.45, 2.75) is 83.0 Å². The van der Waals surface area contributed by atoms with Crippen LogP contribution in [0.1, 0.15) is 58.8 Å². The van der Waals surface area contributed by atoms with Gasteiger partial charge >= 0.3 is 5.97 Å². The maximum Gasteiger partial charge on any atom is 0.326 e. The number of nitrogens with zero attached hydrogens (tertiary/aromatic N) is 2. The predicted octanol–water partition coefficient (Wildman–Crippen LogP) is -2.28. The minimum Gasteiger partial charge on any atom is -0.480 e. The van der Waals surface area contributed by atoms with Crippen LogP contribution in [0, 0.1) is 5.92 Å². The number of guanidine groups is 1. The Morgan fingerprint density at radius 3 is 2.33 bits per heavy atom. The van der Waals surface area contributed by atoms with Gasteiger partial charge in [0.15, 0.2) is 5.96 Å². The molecule has 0 aromatic carbocycles. The van der Waals surface area contributed by atoms with E-state index in [0.29, 0.717) is 45.2 Å². The highest BCUT2D eigenvalue weighted by molar-refractivity contribution is 5.94. The van der Waals surface area contributed by atoms with Crippen molar-refractivity contribution in [2.75, 3.05) is 13.1 Å². The number of carbonyl (C=O) groups is 5. The number of nitrogens with one attached hydrogen (secondary N) is 2. The van der Waals surface area contributed by atoms with E-state index >= 15 is 0 Å². The molecular formula is C22H40N8O6. The summed E-state index contributed by atoms with van der Waals surface area (Å²) in [6.07, 6.45) is 1.91. The van der Waals surface area contributed by atoms with E-state index in [2.05, 4.69) is 15.6 Å². The Bertz CT molecular complexity index is 831. The number of carboxylic acid groups (broad SMARTS) is 1. The van der Waals surface area contributed by atoms with Gasteiger partial charge in [-0.3, -0.25) is 24.2 Å². The lowest BCUT2D eigenvalue weighted by Gasteiger charge is -2.29. The lowest BCUT2D eigenvalue weighted by Crippen LogP contribution is -2.57. The molecule has 1 heterocycles. The molecule has 14 nitrogen and oxygen atoms in total. The molecule has 0 aromatic heterocycles. The van der Waals surface area contributed by atoms with Gasteiger partial charge in [-0.05, 0) is 38.0 Å². The van der Waals surface area contributed by atoms with Crippen molar-refractivity contribution in [3.05, 3.63) is 0 Å². The lowest BCUT2D eigenvalue weighted by atomic mass is 9.98. The van der Waals surface area contributed by atoms with Crippen molar-refractivity contribution >= 4 is 35.6 Å². The van der Waals surface area contributed by atoms with Crippen LogP contribution >= 0.6 is 0 Å². The van der Waals surface area contributed by atoms with E-state index in [1.807, 2.05) is 0 Å². The number of aliphatic carboxylic acids is 1. The van der Waals surface area contributed by atoms with Crippen LogP contribution < -0.4 is 33.6 Å².